The third-order valence-corrected chi connectivity index (χ3v) is 4.80. The SMILES string of the molecule is Cc1nn(Cc2ccccc2)c(Cl)c1C(=O)NCC(O)c1ccc([N+](=O)[O-])cc1. The van der Waals surface area contributed by atoms with E-state index in [0.29, 0.717) is 17.8 Å². The van der Waals surface area contributed by atoms with Crippen molar-refractivity contribution in [1.29, 1.82) is 0 Å². The molecule has 1 amide bonds. The zero-order chi connectivity index (χ0) is 21.0. The average molecular weight is 415 g/mol. The van der Waals surface area contributed by atoms with Gasteiger partial charge in [0.05, 0.1) is 28.8 Å². The van der Waals surface area contributed by atoms with Gasteiger partial charge in [-0.05, 0) is 30.2 Å². The topological polar surface area (TPSA) is 110 Å². The highest BCUT2D eigenvalue weighted by molar-refractivity contribution is 6.33. The summed E-state index contributed by atoms with van der Waals surface area (Å²) in [5.74, 6) is -0.451. The summed E-state index contributed by atoms with van der Waals surface area (Å²) in [6.45, 7) is 2.05. The number of hydrogen-bond acceptors (Lipinski definition) is 5. The van der Waals surface area contributed by atoms with Crippen molar-refractivity contribution in [2.24, 2.45) is 0 Å². The van der Waals surface area contributed by atoms with E-state index in [1.165, 1.54) is 24.3 Å². The number of aliphatic hydroxyl groups is 1. The van der Waals surface area contributed by atoms with E-state index in [2.05, 4.69) is 10.4 Å². The Morgan fingerprint density at radius 3 is 2.52 bits per heavy atom. The molecule has 150 valence electrons. The number of carbonyl (C=O) groups is 1. The van der Waals surface area contributed by atoms with Crippen LogP contribution < -0.4 is 5.32 Å². The van der Waals surface area contributed by atoms with Crippen LogP contribution in [0.3, 0.4) is 0 Å². The van der Waals surface area contributed by atoms with Crippen molar-refractivity contribution in [2.75, 3.05) is 6.54 Å². The number of aryl methyl sites for hydroxylation is 1. The largest absolute Gasteiger partial charge is 0.387 e. The molecule has 2 N–H and O–H groups in total. The number of benzene rings is 2. The number of nitro groups is 1. The molecule has 0 bridgehead atoms. The van der Waals surface area contributed by atoms with Crippen molar-refractivity contribution in [1.82, 2.24) is 15.1 Å². The van der Waals surface area contributed by atoms with Crippen LogP contribution in [0.4, 0.5) is 5.69 Å². The molecule has 1 atom stereocenters. The van der Waals surface area contributed by atoms with Crippen LogP contribution >= 0.6 is 11.6 Å². The average Bonchev–Trinajstić information content (AvgIpc) is 2.99. The van der Waals surface area contributed by atoms with Gasteiger partial charge in [-0.3, -0.25) is 14.9 Å². The molecular weight excluding hydrogens is 396 g/mol. The first-order valence-corrected chi connectivity index (χ1v) is 9.22. The number of rotatable bonds is 7. The van der Waals surface area contributed by atoms with E-state index in [1.807, 2.05) is 30.3 Å². The molecule has 8 nitrogen and oxygen atoms in total. The van der Waals surface area contributed by atoms with Crippen LogP contribution in [-0.2, 0) is 6.54 Å². The van der Waals surface area contributed by atoms with Gasteiger partial charge >= 0.3 is 0 Å². The molecule has 1 heterocycles. The summed E-state index contributed by atoms with van der Waals surface area (Å²) in [4.78, 5) is 22.8. The Kier molecular flexibility index (Phi) is 6.26. The molecule has 0 fully saturated rings. The molecule has 29 heavy (non-hydrogen) atoms. The van der Waals surface area contributed by atoms with Gasteiger partial charge in [0.15, 0.2) is 0 Å². The van der Waals surface area contributed by atoms with Crippen LogP contribution in [0.1, 0.15) is 33.3 Å². The van der Waals surface area contributed by atoms with Crippen LogP contribution in [0.15, 0.2) is 54.6 Å². The Labute approximate surface area is 171 Å². The first-order chi connectivity index (χ1) is 13.9. The van der Waals surface area contributed by atoms with Crippen LogP contribution in [-0.4, -0.2) is 32.3 Å². The van der Waals surface area contributed by atoms with E-state index in [4.69, 9.17) is 11.6 Å². The summed E-state index contributed by atoms with van der Waals surface area (Å²) < 4.78 is 1.55. The molecule has 1 aromatic heterocycles. The number of nitrogens with one attached hydrogen (secondary N) is 1. The Hall–Kier alpha value is -3.23. The van der Waals surface area contributed by atoms with Gasteiger partial charge in [-0.2, -0.15) is 5.10 Å². The Bertz CT molecular complexity index is 1020. The van der Waals surface area contributed by atoms with Crippen molar-refractivity contribution in [3.63, 3.8) is 0 Å². The maximum atomic E-state index is 12.6. The lowest BCUT2D eigenvalue weighted by Crippen LogP contribution is -2.28. The predicted octanol–water partition coefficient (Wildman–Crippen LogP) is 3.26. The fourth-order valence-electron chi connectivity index (χ4n) is 2.89. The second-order valence-electron chi connectivity index (χ2n) is 6.47. The summed E-state index contributed by atoms with van der Waals surface area (Å²) >= 11 is 6.37. The molecule has 3 rings (SSSR count). The number of hydrogen-bond donors (Lipinski definition) is 2. The number of non-ortho nitro benzene ring substituents is 1. The second kappa shape index (κ2) is 8.85. The molecule has 0 radical (unpaired) electrons. The molecular formula is C20H19ClN4O4. The first kappa shape index (κ1) is 20.5. The summed E-state index contributed by atoms with van der Waals surface area (Å²) in [5, 5.41) is 28.1. The van der Waals surface area contributed by atoms with Crippen LogP contribution in [0, 0.1) is 17.0 Å². The fourth-order valence-corrected chi connectivity index (χ4v) is 3.21. The number of aliphatic hydroxyl groups excluding tert-OH is 1. The van der Waals surface area contributed by atoms with Crippen molar-refractivity contribution in [2.45, 2.75) is 19.6 Å². The molecule has 0 saturated heterocycles. The van der Waals surface area contributed by atoms with E-state index in [0.717, 1.165) is 5.56 Å². The smallest absolute Gasteiger partial charge is 0.269 e. The van der Waals surface area contributed by atoms with Gasteiger partial charge in [-0.25, -0.2) is 4.68 Å². The maximum absolute atomic E-state index is 12.6. The van der Waals surface area contributed by atoms with Gasteiger partial charge in [0, 0.05) is 18.7 Å². The normalized spacial score (nSPS) is 11.8. The van der Waals surface area contributed by atoms with Gasteiger partial charge in [0.1, 0.15) is 5.15 Å². The number of aromatic nitrogens is 2. The lowest BCUT2D eigenvalue weighted by atomic mass is 10.1. The second-order valence-corrected chi connectivity index (χ2v) is 6.83. The molecule has 0 aliphatic rings. The molecule has 0 spiro atoms. The van der Waals surface area contributed by atoms with E-state index >= 15 is 0 Å². The van der Waals surface area contributed by atoms with Gasteiger partial charge in [-0.15, -0.1) is 0 Å². The third-order valence-electron chi connectivity index (χ3n) is 4.41. The van der Waals surface area contributed by atoms with Crippen LogP contribution in [0.5, 0.6) is 0 Å². The minimum absolute atomic E-state index is 0.0711. The molecule has 1 unspecified atom stereocenters. The molecule has 0 aliphatic heterocycles. The molecule has 2 aromatic carbocycles. The lowest BCUT2D eigenvalue weighted by molar-refractivity contribution is -0.384. The quantitative estimate of drug-likeness (QED) is 0.455. The number of nitrogens with zero attached hydrogens (tertiary/aromatic N) is 3. The third kappa shape index (κ3) is 4.79. The van der Waals surface area contributed by atoms with Crippen molar-refractivity contribution in [3.05, 3.63) is 92.2 Å². The van der Waals surface area contributed by atoms with Crippen molar-refractivity contribution >= 4 is 23.2 Å². The molecule has 3 aromatic rings. The summed E-state index contributed by atoms with van der Waals surface area (Å²) in [6.07, 6.45) is -1.02. The van der Waals surface area contributed by atoms with Crippen LogP contribution in [0.2, 0.25) is 5.15 Å². The van der Waals surface area contributed by atoms with Crippen molar-refractivity contribution in [3.8, 4) is 0 Å². The zero-order valence-corrected chi connectivity index (χ0v) is 16.3. The van der Waals surface area contributed by atoms with E-state index in [-0.39, 0.29) is 22.9 Å². The minimum Gasteiger partial charge on any atom is -0.387 e. The van der Waals surface area contributed by atoms with Crippen molar-refractivity contribution < 1.29 is 14.8 Å². The highest BCUT2D eigenvalue weighted by atomic mass is 35.5. The molecule has 9 heteroatoms. The number of carbonyl (C=O) groups excluding carboxylic acids is 1. The van der Waals surface area contributed by atoms with Gasteiger partial charge in [-0.1, -0.05) is 41.9 Å². The number of halogens is 1. The Morgan fingerprint density at radius 1 is 1.24 bits per heavy atom. The highest BCUT2D eigenvalue weighted by Crippen LogP contribution is 2.22. The fraction of sp³-hybridized carbons (Fsp3) is 0.200. The number of nitro benzene ring substituents is 1. The zero-order valence-electron chi connectivity index (χ0n) is 15.6. The number of amides is 1. The van der Waals surface area contributed by atoms with Gasteiger partial charge in [0.25, 0.3) is 11.6 Å². The van der Waals surface area contributed by atoms with Gasteiger partial charge in [0.2, 0.25) is 0 Å². The molecule has 0 saturated carbocycles. The summed E-state index contributed by atoms with van der Waals surface area (Å²) in [6, 6.07) is 15.1. The van der Waals surface area contributed by atoms with E-state index < -0.39 is 16.9 Å². The standard InChI is InChI=1S/C20H19ClN4O4/c1-13-18(19(21)24(23-13)12-14-5-3-2-4-6-14)20(27)22-11-17(26)15-7-9-16(10-8-15)25(28)29/h2-10,17,26H,11-12H2,1H3,(H,22,27). The van der Waals surface area contributed by atoms with Gasteiger partial charge < -0.3 is 10.4 Å². The van der Waals surface area contributed by atoms with Crippen LogP contribution in [0.25, 0.3) is 0 Å². The van der Waals surface area contributed by atoms with E-state index in [9.17, 15) is 20.0 Å². The highest BCUT2D eigenvalue weighted by Gasteiger charge is 2.21. The maximum Gasteiger partial charge on any atom is 0.269 e. The summed E-state index contributed by atoms with van der Waals surface area (Å²) in [7, 11) is 0. The molecule has 0 aliphatic carbocycles. The first-order valence-electron chi connectivity index (χ1n) is 8.84. The lowest BCUT2D eigenvalue weighted by Gasteiger charge is -2.12. The summed E-state index contributed by atoms with van der Waals surface area (Å²) in [5.41, 5.74) is 2.11. The monoisotopic (exact) mass is 414 g/mol. The Morgan fingerprint density at radius 2 is 1.90 bits per heavy atom. The van der Waals surface area contributed by atoms with E-state index in [1.54, 1.807) is 11.6 Å². The Balaban J connectivity index is 1.66. The minimum atomic E-state index is -1.02. The predicted molar refractivity (Wildman–Crippen MR) is 108 cm³/mol.